The van der Waals surface area contributed by atoms with Gasteiger partial charge in [-0.2, -0.15) is 0 Å². The van der Waals surface area contributed by atoms with Crippen molar-refractivity contribution in [1.29, 1.82) is 0 Å². The highest BCUT2D eigenvalue weighted by atomic mass is 16.6. The average molecular weight is 374 g/mol. The summed E-state index contributed by atoms with van der Waals surface area (Å²) in [6, 6.07) is 22.8. The zero-order chi connectivity index (χ0) is 19.8. The summed E-state index contributed by atoms with van der Waals surface area (Å²) in [4.78, 5) is 25.1. The molecular weight excluding hydrogens is 352 g/mol. The van der Waals surface area contributed by atoms with Crippen molar-refractivity contribution >= 4 is 11.9 Å². The molecule has 0 atom stereocenters. The van der Waals surface area contributed by atoms with Gasteiger partial charge in [-0.3, -0.25) is 0 Å². The van der Waals surface area contributed by atoms with Crippen LogP contribution >= 0.6 is 0 Å². The fourth-order valence-corrected chi connectivity index (χ4v) is 2.78. The van der Waals surface area contributed by atoms with Crippen molar-refractivity contribution in [2.75, 3.05) is 0 Å². The number of esters is 2. The summed E-state index contributed by atoms with van der Waals surface area (Å²) in [5.41, 5.74) is 1.71. The number of hydrogen-bond acceptors (Lipinski definition) is 4. The smallest absolute Gasteiger partial charge is 0.343 e. The normalized spacial score (nSPS) is 10.3. The summed E-state index contributed by atoms with van der Waals surface area (Å²) >= 11 is 0. The van der Waals surface area contributed by atoms with E-state index >= 15 is 0 Å². The van der Waals surface area contributed by atoms with Crippen molar-refractivity contribution in [3.05, 3.63) is 95.6 Å². The lowest BCUT2D eigenvalue weighted by Crippen LogP contribution is -2.14. The molecule has 0 aliphatic heterocycles. The molecule has 0 unspecified atom stereocenters. The molecule has 0 saturated carbocycles. The number of hydrogen-bond donors (Lipinski definition) is 0. The van der Waals surface area contributed by atoms with E-state index in [1.54, 1.807) is 60.7 Å². The van der Waals surface area contributed by atoms with E-state index in [2.05, 4.69) is 6.92 Å². The van der Waals surface area contributed by atoms with Gasteiger partial charge in [0.2, 0.25) is 0 Å². The Morgan fingerprint density at radius 1 is 0.714 bits per heavy atom. The number of carbonyl (C=O) groups is 2. The molecule has 0 bridgehead atoms. The van der Waals surface area contributed by atoms with E-state index in [1.807, 2.05) is 18.2 Å². The second kappa shape index (κ2) is 9.51. The number of rotatable bonds is 7. The number of aryl methyl sites for hydroxylation is 1. The maximum atomic E-state index is 12.6. The van der Waals surface area contributed by atoms with E-state index < -0.39 is 11.9 Å². The first-order valence-corrected chi connectivity index (χ1v) is 9.35. The van der Waals surface area contributed by atoms with E-state index in [0.717, 1.165) is 24.8 Å². The van der Waals surface area contributed by atoms with Gasteiger partial charge in [0.25, 0.3) is 0 Å². The van der Waals surface area contributed by atoms with Crippen LogP contribution in [-0.2, 0) is 6.42 Å². The Kier molecular flexibility index (Phi) is 6.58. The standard InChI is InChI=1S/C24H22O4/c1-2-3-11-18-16-10-17-21(27-23(25)19-12-6-4-7-13-19)22(18)28-24(26)20-14-8-5-9-15-20/h4-10,12-17H,2-3,11H2,1H3. The number of carbonyl (C=O) groups excluding carboxylic acids is 2. The maximum Gasteiger partial charge on any atom is 0.343 e. The molecule has 4 nitrogen and oxygen atoms in total. The zero-order valence-electron chi connectivity index (χ0n) is 15.8. The maximum absolute atomic E-state index is 12.6. The van der Waals surface area contributed by atoms with E-state index in [1.165, 1.54) is 0 Å². The minimum Gasteiger partial charge on any atom is -0.419 e. The molecule has 0 radical (unpaired) electrons. The molecule has 28 heavy (non-hydrogen) atoms. The SMILES string of the molecule is CCCCc1cccc(OC(=O)c2ccccc2)c1OC(=O)c1ccccc1. The van der Waals surface area contributed by atoms with Crippen molar-refractivity contribution in [3.63, 3.8) is 0 Å². The van der Waals surface area contributed by atoms with Gasteiger partial charge in [0, 0.05) is 0 Å². The molecule has 0 heterocycles. The number of ether oxygens (including phenoxy) is 2. The minimum absolute atomic E-state index is 0.242. The third-order valence-corrected chi connectivity index (χ3v) is 4.28. The van der Waals surface area contributed by atoms with E-state index in [4.69, 9.17) is 9.47 Å². The molecule has 3 rings (SSSR count). The van der Waals surface area contributed by atoms with Crippen LogP contribution < -0.4 is 9.47 Å². The summed E-state index contributed by atoms with van der Waals surface area (Å²) < 4.78 is 11.3. The number of benzene rings is 3. The number of unbranched alkanes of at least 4 members (excludes halogenated alkanes) is 1. The first-order valence-electron chi connectivity index (χ1n) is 9.35. The molecule has 0 spiro atoms. The minimum atomic E-state index is -0.495. The Labute approximate surface area is 164 Å². The Morgan fingerprint density at radius 3 is 1.86 bits per heavy atom. The third kappa shape index (κ3) is 4.86. The predicted octanol–water partition coefficient (Wildman–Crippen LogP) is 5.47. The monoisotopic (exact) mass is 374 g/mol. The van der Waals surface area contributed by atoms with Gasteiger partial charge in [0.05, 0.1) is 11.1 Å². The predicted molar refractivity (Wildman–Crippen MR) is 108 cm³/mol. The molecule has 0 aromatic heterocycles. The van der Waals surface area contributed by atoms with Crippen molar-refractivity contribution in [1.82, 2.24) is 0 Å². The molecule has 4 heteroatoms. The molecule has 3 aromatic rings. The number of para-hydroxylation sites is 1. The van der Waals surface area contributed by atoms with Crippen LogP contribution in [0.3, 0.4) is 0 Å². The van der Waals surface area contributed by atoms with Crippen molar-refractivity contribution in [3.8, 4) is 11.5 Å². The molecule has 0 aliphatic carbocycles. The zero-order valence-corrected chi connectivity index (χ0v) is 15.8. The fourth-order valence-electron chi connectivity index (χ4n) is 2.78. The Balaban J connectivity index is 1.90. The van der Waals surface area contributed by atoms with E-state index in [-0.39, 0.29) is 5.75 Å². The largest absolute Gasteiger partial charge is 0.419 e. The topological polar surface area (TPSA) is 52.6 Å². The lowest BCUT2D eigenvalue weighted by Gasteiger charge is -2.15. The van der Waals surface area contributed by atoms with Crippen molar-refractivity contribution in [2.45, 2.75) is 26.2 Å². The van der Waals surface area contributed by atoms with Gasteiger partial charge in [0.1, 0.15) is 0 Å². The average Bonchev–Trinajstić information content (AvgIpc) is 2.75. The highest BCUT2D eigenvalue weighted by Crippen LogP contribution is 2.33. The molecule has 0 aliphatic rings. The second-order valence-corrected chi connectivity index (χ2v) is 6.36. The van der Waals surface area contributed by atoms with Crippen LogP contribution in [0.4, 0.5) is 0 Å². The molecule has 142 valence electrons. The second-order valence-electron chi connectivity index (χ2n) is 6.36. The summed E-state index contributed by atoms with van der Waals surface area (Å²) in [5, 5.41) is 0. The van der Waals surface area contributed by atoms with Gasteiger partial charge in [-0.1, -0.05) is 61.9 Å². The first kappa shape index (κ1) is 19.4. The fraction of sp³-hybridized carbons (Fsp3) is 0.167. The Hall–Kier alpha value is -3.40. The molecule has 0 amide bonds. The van der Waals surface area contributed by atoms with Crippen LogP contribution in [0.5, 0.6) is 11.5 Å². The summed E-state index contributed by atoms with van der Waals surface area (Å²) in [6.07, 6.45) is 2.66. The third-order valence-electron chi connectivity index (χ3n) is 4.28. The van der Waals surface area contributed by atoms with Gasteiger partial charge in [0.15, 0.2) is 11.5 Å². The molecular formula is C24H22O4. The van der Waals surface area contributed by atoms with Crippen LogP contribution in [0.1, 0.15) is 46.0 Å². The van der Waals surface area contributed by atoms with Crippen LogP contribution in [0.25, 0.3) is 0 Å². The van der Waals surface area contributed by atoms with Crippen LogP contribution in [0.2, 0.25) is 0 Å². The van der Waals surface area contributed by atoms with Crippen molar-refractivity contribution < 1.29 is 19.1 Å². The van der Waals surface area contributed by atoms with Crippen molar-refractivity contribution in [2.24, 2.45) is 0 Å². The van der Waals surface area contributed by atoms with E-state index in [9.17, 15) is 9.59 Å². The summed E-state index contributed by atoms with van der Waals surface area (Å²) in [7, 11) is 0. The lowest BCUT2D eigenvalue weighted by atomic mass is 10.1. The quantitative estimate of drug-likeness (QED) is 0.407. The summed E-state index contributed by atoms with van der Waals surface area (Å²) in [6.45, 7) is 2.09. The molecule has 3 aromatic carbocycles. The van der Waals surface area contributed by atoms with Crippen LogP contribution in [0, 0.1) is 0 Å². The van der Waals surface area contributed by atoms with Crippen LogP contribution in [-0.4, -0.2) is 11.9 Å². The molecule has 0 saturated heterocycles. The van der Waals surface area contributed by atoms with Gasteiger partial charge in [-0.05, 0) is 48.7 Å². The first-order chi connectivity index (χ1) is 13.7. The summed E-state index contributed by atoms with van der Waals surface area (Å²) in [5.74, 6) is -0.437. The Morgan fingerprint density at radius 2 is 1.29 bits per heavy atom. The molecule has 0 fully saturated rings. The molecule has 0 N–H and O–H groups in total. The Bertz CT molecular complexity index is 933. The van der Waals surface area contributed by atoms with Crippen LogP contribution in [0.15, 0.2) is 78.9 Å². The van der Waals surface area contributed by atoms with Gasteiger partial charge >= 0.3 is 11.9 Å². The van der Waals surface area contributed by atoms with E-state index in [0.29, 0.717) is 16.9 Å². The van der Waals surface area contributed by atoms with Gasteiger partial charge in [-0.25, -0.2) is 9.59 Å². The van der Waals surface area contributed by atoms with Gasteiger partial charge < -0.3 is 9.47 Å². The lowest BCUT2D eigenvalue weighted by molar-refractivity contribution is 0.0681. The van der Waals surface area contributed by atoms with Gasteiger partial charge in [-0.15, -0.1) is 0 Å². The highest BCUT2D eigenvalue weighted by molar-refractivity contribution is 5.93. The highest BCUT2D eigenvalue weighted by Gasteiger charge is 2.19.